The van der Waals surface area contributed by atoms with Gasteiger partial charge in [-0.2, -0.15) is 4.39 Å². The number of aromatic hydroxyl groups is 1. The van der Waals surface area contributed by atoms with E-state index in [4.69, 9.17) is 5.11 Å². The predicted octanol–water partition coefficient (Wildman–Crippen LogP) is 2.08. The number of rotatable bonds is 0. The first kappa shape index (κ1) is 7.03. The zero-order valence-electron chi connectivity index (χ0n) is 6.16. The van der Waals surface area contributed by atoms with Gasteiger partial charge in [0.25, 0.3) is 0 Å². The van der Waals surface area contributed by atoms with Gasteiger partial charge in [0.05, 0.1) is 0 Å². The number of phenols is 1. The third kappa shape index (κ3) is 1.09. The van der Waals surface area contributed by atoms with Crippen LogP contribution in [0.5, 0.6) is 5.75 Å². The van der Waals surface area contributed by atoms with Gasteiger partial charge < -0.3 is 5.11 Å². The molecule has 0 unspecified atom stereocenters. The van der Waals surface area contributed by atoms with Crippen molar-refractivity contribution in [1.29, 1.82) is 0 Å². The maximum absolute atomic E-state index is 12.6. The fourth-order valence-corrected chi connectivity index (χ4v) is 1.10. The number of hydrogen-bond donors (Lipinski definition) is 1. The molecule has 60 valence electrons. The summed E-state index contributed by atoms with van der Waals surface area (Å²) in [5.41, 5.74) is 0. The number of fused-ring (bicyclic) bond motifs is 1. The summed E-state index contributed by atoms with van der Waals surface area (Å²) < 4.78 is 12.6. The van der Waals surface area contributed by atoms with E-state index in [1.165, 1.54) is 18.3 Å². The lowest BCUT2D eigenvalue weighted by Crippen LogP contribution is -1.81. The van der Waals surface area contributed by atoms with Gasteiger partial charge in [-0.3, -0.25) is 0 Å². The van der Waals surface area contributed by atoms with Crippen LogP contribution in [0.25, 0.3) is 10.8 Å². The summed E-state index contributed by atoms with van der Waals surface area (Å²) in [4.78, 5) is 3.47. The van der Waals surface area contributed by atoms with Crippen molar-refractivity contribution in [3.8, 4) is 5.75 Å². The van der Waals surface area contributed by atoms with Crippen LogP contribution in [0.4, 0.5) is 4.39 Å². The smallest absolute Gasteiger partial charge is 0.213 e. The molecule has 0 aliphatic heterocycles. The third-order valence-electron chi connectivity index (χ3n) is 1.67. The van der Waals surface area contributed by atoms with Gasteiger partial charge >= 0.3 is 0 Å². The lowest BCUT2D eigenvalue weighted by Gasteiger charge is -1.96. The van der Waals surface area contributed by atoms with Crippen molar-refractivity contribution < 1.29 is 9.50 Å². The molecule has 0 fully saturated rings. The van der Waals surface area contributed by atoms with E-state index in [1.54, 1.807) is 12.1 Å². The number of phenolic OH excluding ortho intramolecular Hbond substituents is 1. The molecule has 2 rings (SSSR count). The van der Waals surface area contributed by atoms with Gasteiger partial charge in [-0.25, -0.2) is 4.98 Å². The number of benzene rings is 1. The van der Waals surface area contributed by atoms with Gasteiger partial charge in [0.15, 0.2) is 0 Å². The first-order valence-electron chi connectivity index (χ1n) is 3.50. The summed E-state index contributed by atoms with van der Waals surface area (Å²) in [5.74, 6) is -0.343. The summed E-state index contributed by atoms with van der Waals surface area (Å²) >= 11 is 0. The van der Waals surface area contributed by atoms with Crippen LogP contribution < -0.4 is 0 Å². The van der Waals surface area contributed by atoms with Crippen molar-refractivity contribution in [2.45, 2.75) is 0 Å². The highest BCUT2D eigenvalue weighted by molar-refractivity contribution is 5.82. The molecule has 0 bridgehead atoms. The molecule has 1 heterocycles. The normalized spacial score (nSPS) is 10.4. The molecular formula is C9H6FNO. The summed E-state index contributed by atoms with van der Waals surface area (Å²) in [6.07, 6.45) is 1.39. The number of nitrogens with zero attached hydrogens (tertiary/aromatic N) is 1. The Morgan fingerprint density at radius 2 is 2.00 bits per heavy atom. The highest BCUT2D eigenvalue weighted by atomic mass is 19.1. The lowest BCUT2D eigenvalue weighted by molar-refractivity contribution is 0.476. The first-order chi connectivity index (χ1) is 5.75. The second-order valence-corrected chi connectivity index (χ2v) is 2.54. The Labute approximate surface area is 68.3 Å². The molecule has 1 N–H and O–H groups in total. The van der Waals surface area contributed by atoms with E-state index in [1.807, 2.05) is 0 Å². The summed E-state index contributed by atoms with van der Waals surface area (Å²) in [7, 11) is 0. The molecule has 12 heavy (non-hydrogen) atoms. The van der Waals surface area contributed by atoms with Crippen molar-refractivity contribution in [1.82, 2.24) is 4.98 Å². The summed E-state index contributed by atoms with van der Waals surface area (Å²) in [6, 6.07) is 6.04. The molecule has 0 atom stereocenters. The standard InChI is InChI=1S/C9H6FNO/c10-9-4-6-1-2-8(12)3-7(6)5-11-9/h1-5,12H. The number of pyridine rings is 1. The van der Waals surface area contributed by atoms with Gasteiger partial charge in [-0.05, 0) is 17.5 Å². The average Bonchev–Trinajstić information content (AvgIpc) is 2.05. The van der Waals surface area contributed by atoms with Crippen LogP contribution in [-0.2, 0) is 0 Å². The second-order valence-electron chi connectivity index (χ2n) is 2.54. The van der Waals surface area contributed by atoms with Crippen LogP contribution in [0.3, 0.4) is 0 Å². The predicted molar refractivity (Wildman–Crippen MR) is 43.4 cm³/mol. The molecule has 0 aliphatic rings. The van der Waals surface area contributed by atoms with E-state index in [0.29, 0.717) is 0 Å². The maximum atomic E-state index is 12.6. The van der Waals surface area contributed by atoms with Crippen molar-refractivity contribution in [2.24, 2.45) is 0 Å². The highest BCUT2D eigenvalue weighted by Crippen LogP contribution is 2.18. The van der Waals surface area contributed by atoms with Gasteiger partial charge in [0, 0.05) is 17.6 Å². The lowest BCUT2D eigenvalue weighted by atomic mass is 10.2. The zero-order valence-corrected chi connectivity index (χ0v) is 6.16. The fraction of sp³-hybridized carbons (Fsp3) is 0. The quantitative estimate of drug-likeness (QED) is 0.603. The van der Waals surface area contributed by atoms with E-state index in [0.717, 1.165) is 10.8 Å². The first-order valence-corrected chi connectivity index (χ1v) is 3.50. The molecular weight excluding hydrogens is 157 g/mol. The summed E-state index contributed by atoms with van der Waals surface area (Å²) in [5, 5.41) is 10.5. The molecule has 1 aromatic heterocycles. The molecule has 0 radical (unpaired) electrons. The van der Waals surface area contributed by atoms with E-state index in [9.17, 15) is 4.39 Å². The monoisotopic (exact) mass is 163 g/mol. The molecule has 0 saturated carbocycles. The van der Waals surface area contributed by atoms with Crippen molar-refractivity contribution in [2.75, 3.05) is 0 Å². The van der Waals surface area contributed by atoms with E-state index in [-0.39, 0.29) is 5.75 Å². The summed E-state index contributed by atoms with van der Waals surface area (Å²) in [6.45, 7) is 0. The second kappa shape index (κ2) is 2.44. The zero-order chi connectivity index (χ0) is 8.55. The molecule has 0 aliphatic carbocycles. The maximum Gasteiger partial charge on any atom is 0.213 e. The largest absolute Gasteiger partial charge is 0.508 e. The highest BCUT2D eigenvalue weighted by Gasteiger charge is 1.96. The van der Waals surface area contributed by atoms with Gasteiger partial charge in [0.2, 0.25) is 5.95 Å². The van der Waals surface area contributed by atoms with Crippen LogP contribution in [-0.4, -0.2) is 10.1 Å². The number of halogens is 1. The van der Waals surface area contributed by atoms with Crippen molar-refractivity contribution >= 4 is 10.8 Å². The molecule has 0 amide bonds. The minimum Gasteiger partial charge on any atom is -0.508 e. The molecule has 3 heteroatoms. The van der Waals surface area contributed by atoms with E-state index >= 15 is 0 Å². The Hall–Kier alpha value is -1.64. The van der Waals surface area contributed by atoms with Gasteiger partial charge in [0.1, 0.15) is 5.75 Å². The van der Waals surface area contributed by atoms with Gasteiger partial charge in [-0.1, -0.05) is 6.07 Å². The number of aromatic nitrogens is 1. The minimum atomic E-state index is -0.506. The minimum absolute atomic E-state index is 0.163. The Kier molecular flexibility index (Phi) is 1.43. The topological polar surface area (TPSA) is 33.1 Å². The SMILES string of the molecule is Oc1ccc2cc(F)ncc2c1. The molecule has 1 aromatic carbocycles. The van der Waals surface area contributed by atoms with Crippen LogP contribution in [0.2, 0.25) is 0 Å². The molecule has 2 aromatic rings. The van der Waals surface area contributed by atoms with Crippen LogP contribution in [0, 0.1) is 5.95 Å². The van der Waals surface area contributed by atoms with Gasteiger partial charge in [-0.15, -0.1) is 0 Å². The Bertz CT molecular complexity index is 387. The molecule has 0 saturated heterocycles. The Morgan fingerprint density at radius 1 is 1.17 bits per heavy atom. The van der Waals surface area contributed by atoms with Crippen LogP contribution in [0.1, 0.15) is 0 Å². The third-order valence-corrected chi connectivity index (χ3v) is 1.67. The average molecular weight is 163 g/mol. The number of hydrogen-bond acceptors (Lipinski definition) is 2. The van der Waals surface area contributed by atoms with Crippen molar-refractivity contribution in [3.63, 3.8) is 0 Å². The Morgan fingerprint density at radius 3 is 2.83 bits per heavy atom. The molecule has 2 nitrogen and oxygen atoms in total. The Balaban J connectivity index is 2.79. The van der Waals surface area contributed by atoms with Crippen molar-refractivity contribution in [3.05, 3.63) is 36.4 Å². The van der Waals surface area contributed by atoms with Crippen LogP contribution in [0.15, 0.2) is 30.5 Å². The van der Waals surface area contributed by atoms with Crippen LogP contribution >= 0.6 is 0 Å². The fourth-order valence-electron chi connectivity index (χ4n) is 1.10. The van der Waals surface area contributed by atoms with E-state index < -0.39 is 5.95 Å². The molecule has 0 spiro atoms. The van der Waals surface area contributed by atoms with E-state index in [2.05, 4.69) is 4.98 Å².